The van der Waals surface area contributed by atoms with Crippen molar-refractivity contribution in [3.63, 3.8) is 0 Å². The van der Waals surface area contributed by atoms with Gasteiger partial charge in [-0.25, -0.2) is 13.1 Å². The van der Waals surface area contributed by atoms with Gasteiger partial charge in [-0.1, -0.05) is 13.8 Å². The number of carbonyl (C=O) groups is 1. The van der Waals surface area contributed by atoms with Gasteiger partial charge < -0.3 is 11.1 Å². The highest BCUT2D eigenvalue weighted by Crippen LogP contribution is 1.86. The lowest BCUT2D eigenvalue weighted by atomic mass is 10.2. The molecule has 0 heterocycles. The first-order valence-electron chi connectivity index (χ1n) is 4.93. The van der Waals surface area contributed by atoms with Crippen LogP contribution < -0.4 is 15.8 Å². The number of amides is 1. The predicted octanol–water partition coefficient (Wildman–Crippen LogP) is -1.22. The Balaban J connectivity index is 3.85. The number of nitrogens with two attached hydrogens (primary N) is 1. The van der Waals surface area contributed by atoms with E-state index in [-0.39, 0.29) is 18.2 Å². The van der Waals surface area contributed by atoms with Gasteiger partial charge in [0, 0.05) is 13.1 Å². The summed E-state index contributed by atoms with van der Waals surface area (Å²) >= 11 is 0. The average molecular weight is 237 g/mol. The molecule has 0 radical (unpaired) electrons. The third-order valence-electron chi connectivity index (χ3n) is 1.81. The highest BCUT2D eigenvalue weighted by Gasteiger charge is 2.12. The second-order valence-electron chi connectivity index (χ2n) is 3.12. The maximum Gasteiger partial charge on any atom is 0.236 e. The first kappa shape index (κ1) is 14.3. The molecular weight excluding hydrogens is 218 g/mol. The molecule has 0 saturated heterocycles. The SMILES string of the molecule is CCNS(=O)(=O)CCNC(=O)C(N)CC. The highest BCUT2D eigenvalue weighted by molar-refractivity contribution is 7.89. The van der Waals surface area contributed by atoms with Gasteiger partial charge in [-0.05, 0) is 6.42 Å². The monoisotopic (exact) mass is 237 g/mol. The fourth-order valence-corrected chi connectivity index (χ4v) is 1.87. The fraction of sp³-hybridized carbons (Fsp3) is 0.875. The summed E-state index contributed by atoms with van der Waals surface area (Å²) in [6, 6.07) is -0.563. The Hall–Kier alpha value is -0.660. The molecule has 1 amide bonds. The zero-order chi connectivity index (χ0) is 11.9. The summed E-state index contributed by atoms with van der Waals surface area (Å²) in [5, 5.41) is 2.46. The van der Waals surface area contributed by atoms with Crippen molar-refractivity contribution in [2.45, 2.75) is 26.3 Å². The van der Waals surface area contributed by atoms with Crippen LogP contribution >= 0.6 is 0 Å². The summed E-state index contributed by atoms with van der Waals surface area (Å²) in [4.78, 5) is 11.2. The van der Waals surface area contributed by atoms with Crippen molar-refractivity contribution in [1.29, 1.82) is 0 Å². The van der Waals surface area contributed by atoms with E-state index in [1.54, 1.807) is 13.8 Å². The third kappa shape index (κ3) is 6.43. The number of hydrogen-bond acceptors (Lipinski definition) is 4. The van der Waals surface area contributed by atoms with Crippen molar-refractivity contribution in [3.8, 4) is 0 Å². The number of rotatable bonds is 7. The maximum absolute atomic E-state index is 11.2. The Morgan fingerprint density at radius 2 is 2.00 bits per heavy atom. The van der Waals surface area contributed by atoms with E-state index < -0.39 is 16.1 Å². The van der Waals surface area contributed by atoms with Crippen molar-refractivity contribution >= 4 is 15.9 Å². The molecule has 15 heavy (non-hydrogen) atoms. The quantitative estimate of drug-likeness (QED) is 0.516. The van der Waals surface area contributed by atoms with E-state index in [0.717, 1.165) is 0 Å². The zero-order valence-electron chi connectivity index (χ0n) is 9.12. The van der Waals surface area contributed by atoms with E-state index in [2.05, 4.69) is 10.0 Å². The lowest BCUT2D eigenvalue weighted by Gasteiger charge is -2.10. The number of carbonyl (C=O) groups excluding carboxylic acids is 1. The summed E-state index contributed by atoms with van der Waals surface area (Å²) in [5.41, 5.74) is 5.45. The molecule has 1 unspecified atom stereocenters. The first-order valence-corrected chi connectivity index (χ1v) is 6.58. The molecule has 4 N–H and O–H groups in total. The molecule has 0 fully saturated rings. The molecule has 0 aromatic rings. The Bertz CT molecular complexity index is 290. The summed E-state index contributed by atoms with van der Waals surface area (Å²) < 4.78 is 24.6. The second-order valence-corrected chi connectivity index (χ2v) is 5.05. The molecule has 7 heteroatoms. The molecule has 0 aromatic carbocycles. The lowest BCUT2D eigenvalue weighted by Crippen LogP contribution is -2.42. The minimum atomic E-state index is -3.27. The molecule has 6 nitrogen and oxygen atoms in total. The minimum absolute atomic E-state index is 0.0852. The van der Waals surface area contributed by atoms with Crippen LogP contribution in [0.2, 0.25) is 0 Å². The van der Waals surface area contributed by atoms with Gasteiger partial charge in [-0.2, -0.15) is 0 Å². The minimum Gasteiger partial charge on any atom is -0.354 e. The van der Waals surface area contributed by atoms with Crippen LogP contribution in [0.15, 0.2) is 0 Å². The standard InChI is InChI=1S/C8H19N3O3S/c1-3-7(9)8(12)10-5-6-15(13,14)11-4-2/h7,11H,3-6,9H2,1-2H3,(H,10,12). The maximum atomic E-state index is 11.2. The van der Waals surface area contributed by atoms with Gasteiger partial charge in [0.1, 0.15) is 0 Å². The van der Waals surface area contributed by atoms with Gasteiger partial charge in [0.15, 0.2) is 0 Å². The third-order valence-corrected chi connectivity index (χ3v) is 3.28. The van der Waals surface area contributed by atoms with Crippen LogP contribution in [0, 0.1) is 0 Å². The molecule has 1 atom stereocenters. The van der Waals surface area contributed by atoms with Crippen molar-refractivity contribution < 1.29 is 13.2 Å². The van der Waals surface area contributed by atoms with E-state index in [1.807, 2.05) is 0 Å². The van der Waals surface area contributed by atoms with Crippen LogP contribution in [0.5, 0.6) is 0 Å². The van der Waals surface area contributed by atoms with Crippen LogP contribution in [0.1, 0.15) is 20.3 Å². The Kier molecular flexibility index (Phi) is 6.46. The molecule has 0 spiro atoms. The molecular formula is C8H19N3O3S. The number of sulfonamides is 1. The van der Waals surface area contributed by atoms with Crippen molar-refractivity contribution in [2.75, 3.05) is 18.8 Å². The van der Waals surface area contributed by atoms with E-state index in [0.29, 0.717) is 13.0 Å². The Labute approximate surface area is 90.7 Å². The molecule has 0 aliphatic heterocycles. The van der Waals surface area contributed by atoms with Crippen LogP contribution in [0.3, 0.4) is 0 Å². The number of hydrogen-bond donors (Lipinski definition) is 3. The predicted molar refractivity (Wildman–Crippen MR) is 58.7 cm³/mol. The van der Waals surface area contributed by atoms with Crippen LogP contribution in [0.4, 0.5) is 0 Å². The van der Waals surface area contributed by atoms with Gasteiger partial charge >= 0.3 is 0 Å². The van der Waals surface area contributed by atoms with Crippen LogP contribution in [-0.4, -0.2) is 39.2 Å². The molecule has 0 rings (SSSR count). The summed E-state index contributed by atoms with van der Waals surface area (Å²) in [7, 11) is -3.27. The average Bonchev–Trinajstić information content (AvgIpc) is 2.15. The fourth-order valence-electron chi connectivity index (χ4n) is 0.917. The summed E-state index contributed by atoms with van der Waals surface area (Å²) in [6.45, 7) is 3.93. The number of nitrogens with one attached hydrogen (secondary N) is 2. The van der Waals surface area contributed by atoms with Crippen molar-refractivity contribution in [1.82, 2.24) is 10.0 Å². The van der Waals surface area contributed by atoms with Crippen LogP contribution in [-0.2, 0) is 14.8 Å². The molecule has 0 bridgehead atoms. The Morgan fingerprint density at radius 3 is 2.47 bits per heavy atom. The van der Waals surface area contributed by atoms with E-state index >= 15 is 0 Å². The van der Waals surface area contributed by atoms with E-state index in [1.165, 1.54) is 0 Å². The van der Waals surface area contributed by atoms with Gasteiger partial charge in [-0.3, -0.25) is 4.79 Å². The molecule has 0 aliphatic carbocycles. The van der Waals surface area contributed by atoms with Crippen LogP contribution in [0.25, 0.3) is 0 Å². The second kappa shape index (κ2) is 6.76. The van der Waals surface area contributed by atoms with Gasteiger partial charge in [-0.15, -0.1) is 0 Å². The normalized spacial score (nSPS) is 13.5. The van der Waals surface area contributed by atoms with Gasteiger partial charge in [0.05, 0.1) is 11.8 Å². The van der Waals surface area contributed by atoms with E-state index in [4.69, 9.17) is 5.73 Å². The summed E-state index contributed by atoms with van der Waals surface area (Å²) in [6.07, 6.45) is 0.534. The van der Waals surface area contributed by atoms with Crippen molar-refractivity contribution in [3.05, 3.63) is 0 Å². The smallest absolute Gasteiger partial charge is 0.236 e. The van der Waals surface area contributed by atoms with Gasteiger partial charge in [0.2, 0.25) is 15.9 Å². The topological polar surface area (TPSA) is 101 Å². The first-order chi connectivity index (χ1) is 6.93. The zero-order valence-corrected chi connectivity index (χ0v) is 9.93. The molecule has 0 saturated carbocycles. The molecule has 90 valence electrons. The van der Waals surface area contributed by atoms with E-state index in [9.17, 15) is 13.2 Å². The lowest BCUT2D eigenvalue weighted by molar-refractivity contribution is -0.122. The Morgan fingerprint density at radius 1 is 1.40 bits per heavy atom. The highest BCUT2D eigenvalue weighted by atomic mass is 32.2. The molecule has 0 aliphatic rings. The van der Waals surface area contributed by atoms with Gasteiger partial charge in [0.25, 0.3) is 0 Å². The molecule has 0 aromatic heterocycles. The largest absolute Gasteiger partial charge is 0.354 e. The summed E-state index contributed by atoms with van der Waals surface area (Å²) in [5.74, 6) is -0.438. The van der Waals surface area contributed by atoms with Crippen molar-refractivity contribution in [2.24, 2.45) is 5.73 Å².